The van der Waals surface area contributed by atoms with Crippen molar-refractivity contribution in [2.75, 3.05) is 6.54 Å². The molecule has 3 aromatic carbocycles. The van der Waals surface area contributed by atoms with Crippen molar-refractivity contribution in [2.45, 2.75) is 46.3 Å². The van der Waals surface area contributed by atoms with E-state index in [2.05, 4.69) is 22.4 Å². The maximum atomic E-state index is 12.2. The lowest BCUT2D eigenvalue weighted by Gasteiger charge is -2.27. The van der Waals surface area contributed by atoms with Crippen molar-refractivity contribution in [3.63, 3.8) is 0 Å². The van der Waals surface area contributed by atoms with Gasteiger partial charge in [0.1, 0.15) is 0 Å². The van der Waals surface area contributed by atoms with Crippen LogP contribution in [0.4, 0.5) is 0 Å². The van der Waals surface area contributed by atoms with Crippen LogP contribution in [0.5, 0.6) is 0 Å². The third-order valence-electron chi connectivity index (χ3n) is 5.90. The summed E-state index contributed by atoms with van der Waals surface area (Å²) in [6.07, 6.45) is 0.654. The summed E-state index contributed by atoms with van der Waals surface area (Å²) in [5, 5.41) is 15.8. The molecule has 5 nitrogen and oxygen atoms in total. The summed E-state index contributed by atoms with van der Waals surface area (Å²) in [6, 6.07) is 16.0. The van der Waals surface area contributed by atoms with E-state index in [-0.39, 0.29) is 0 Å². The van der Waals surface area contributed by atoms with Gasteiger partial charge in [0.2, 0.25) is 0 Å². The van der Waals surface area contributed by atoms with E-state index in [9.17, 15) is 9.90 Å². The fourth-order valence-electron chi connectivity index (χ4n) is 4.26. The van der Waals surface area contributed by atoms with Crippen LogP contribution in [0.3, 0.4) is 0 Å². The van der Waals surface area contributed by atoms with Gasteiger partial charge < -0.3 is 15.2 Å². The Morgan fingerprint density at radius 3 is 2.41 bits per heavy atom. The summed E-state index contributed by atoms with van der Waals surface area (Å²) in [7, 11) is 0. The summed E-state index contributed by atoms with van der Waals surface area (Å²) >= 11 is 6.16. The van der Waals surface area contributed by atoms with Gasteiger partial charge in [-0.2, -0.15) is 0 Å². The number of rotatable bonds is 5. The number of hydrogen-bond acceptors (Lipinski definition) is 4. The number of ether oxygens (including phenoxy) is 1. The summed E-state index contributed by atoms with van der Waals surface area (Å²) < 4.78 is 5.96. The summed E-state index contributed by atoms with van der Waals surface area (Å²) in [4.78, 5) is 16.6. The number of aliphatic imine (C=N–C) groups is 1. The molecule has 0 spiro atoms. The molecule has 0 aliphatic carbocycles. The lowest BCUT2D eigenvalue weighted by Crippen LogP contribution is -2.27. The zero-order valence-corrected chi connectivity index (χ0v) is 20.8. The van der Waals surface area contributed by atoms with Crippen LogP contribution in [0.1, 0.15) is 50.5 Å². The van der Waals surface area contributed by atoms with Crippen molar-refractivity contribution in [3.05, 3.63) is 75.9 Å². The minimum absolute atomic E-state index is 0.599. The Labute approximate surface area is 205 Å². The van der Waals surface area contributed by atoms with E-state index in [0.29, 0.717) is 17.1 Å². The van der Waals surface area contributed by atoms with Gasteiger partial charge >= 0.3 is 5.97 Å². The maximum Gasteiger partial charge on any atom is 0.337 e. The monoisotopic (exact) mass is 476 g/mol. The molecule has 176 valence electrons. The number of fused-ring (bicyclic) bond motifs is 1. The molecular weight excluding hydrogens is 448 g/mol. The molecular formula is C28H29ClN2O3. The number of aryl methyl sites for hydroxylation is 1. The van der Waals surface area contributed by atoms with Crippen LogP contribution in [-0.2, 0) is 9.53 Å². The van der Waals surface area contributed by atoms with Gasteiger partial charge in [-0.3, -0.25) is 4.99 Å². The van der Waals surface area contributed by atoms with Gasteiger partial charge in [-0.15, -0.1) is 0 Å². The molecule has 4 rings (SSSR count). The summed E-state index contributed by atoms with van der Waals surface area (Å²) in [6.45, 7) is 10.2. The number of carboxylic acid groups (broad SMARTS) is 1. The Morgan fingerprint density at radius 2 is 1.79 bits per heavy atom. The van der Waals surface area contributed by atoms with Crippen LogP contribution in [0, 0.1) is 6.92 Å². The Hall–Kier alpha value is -3.15. The number of carboxylic acids is 1. The highest BCUT2D eigenvalue weighted by atomic mass is 35.5. The minimum atomic E-state index is -1.07. The minimum Gasteiger partial charge on any atom is -0.479 e. The van der Waals surface area contributed by atoms with Crippen molar-refractivity contribution >= 4 is 40.3 Å². The molecule has 2 N–H and O–H groups in total. The van der Waals surface area contributed by atoms with E-state index in [1.807, 2.05) is 71.0 Å². The van der Waals surface area contributed by atoms with Gasteiger partial charge in [0, 0.05) is 10.7 Å². The molecule has 1 heterocycles. The number of allylic oxidation sites excluding steroid dienone is 1. The predicted molar refractivity (Wildman–Crippen MR) is 139 cm³/mol. The summed E-state index contributed by atoms with van der Waals surface area (Å²) in [5.41, 5.74) is 6.18. The molecule has 1 aliphatic heterocycles. The normalized spacial score (nSPS) is 14.9. The molecule has 0 saturated carbocycles. The van der Waals surface area contributed by atoms with Crippen molar-refractivity contribution in [2.24, 2.45) is 4.99 Å². The molecule has 0 radical (unpaired) electrons. The molecule has 0 unspecified atom stereocenters. The number of nitrogens with one attached hydrogen (secondary N) is 1. The third-order valence-corrected chi connectivity index (χ3v) is 6.15. The van der Waals surface area contributed by atoms with Crippen molar-refractivity contribution in [3.8, 4) is 11.1 Å². The molecule has 0 bridgehead atoms. The Bertz CT molecular complexity index is 1320. The Kier molecular flexibility index (Phi) is 6.52. The van der Waals surface area contributed by atoms with Crippen LogP contribution >= 0.6 is 11.6 Å². The highest BCUT2D eigenvalue weighted by Crippen LogP contribution is 2.38. The maximum absolute atomic E-state index is 12.2. The molecule has 0 amide bonds. The molecule has 0 fully saturated rings. The van der Waals surface area contributed by atoms with Gasteiger partial charge in [-0.25, -0.2) is 4.79 Å². The number of halogens is 1. The summed E-state index contributed by atoms with van der Waals surface area (Å²) in [5.74, 6) is -1.01. The lowest BCUT2D eigenvalue weighted by atomic mass is 9.89. The number of nitrogens with zero attached hydrogens (tertiary/aromatic N) is 1. The quantitative estimate of drug-likeness (QED) is 0.426. The van der Waals surface area contributed by atoms with Crippen LogP contribution < -0.4 is 5.32 Å². The van der Waals surface area contributed by atoms with Crippen LogP contribution in [0.15, 0.2) is 59.2 Å². The second-order valence-electron chi connectivity index (χ2n) is 9.63. The second-order valence-corrected chi connectivity index (χ2v) is 10.1. The average molecular weight is 477 g/mol. The van der Waals surface area contributed by atoms with E-state index in [0.717, 1.165) is 44.3 Å². The van der Waals surface area contributed by atoms with Crippen LogP contribution in [-0.4, -0.2) is 29.6 Å². The molecule has 34 heavy (non-hydrogen) atoms. The number of aliphatic carboxylic acids is 1. The second kappa shape index (κ2) is 9.24. The Balaban J connectivity index is 1.98. The van der Waals surface area contributed by atoms with Crippen LogP contribution in [0.25, 0.3) is 27.5 Å². The lowest BCUT2D eigenvalue weighted by molar-refractivity contribution is -0.160. The fourth-order valence-corrected chi connectivity index (χ4v) is 4.39. The largest absolute Gasteiger partial charge is 0.479 e. The zero-order chi connectivity index (χ0) is 24.6. The number of carbonyl (C=O) groups is 1. The van der Waals surface area contributed by atoms with Crippen molar-refractivity contribution < 1.29 is 14.6 Å². The van der Waals surface area contributed by atoms with Gasteiger partial charge in [0.15, 0.2) is 6.10 Å². The highest BCUT2D eigenvalue weighted by Gasteiger charge is 2.28. The van der Waals surface area contributed by atoms with Gasteiger partial charge in [-0.1, -0.05) is 29.8 Å². The smallest absolute Gasteiger partial charge is 0.337 e. The number of benzene rings is 3. The van der Waals surface area contributed by atoms with E-state index in [1.165, 1.54) is 0 Å². The first-order valence-corrected chi connectivity index (χ1v) is 11.6. The highest BCUT2D eigenvalue weighted by molar-refractivity contribution is 6.30. The van der Waals surface area contributed by atoms with E-state index in [4.69, 9.17) is 16.3 Å². The number of hydrogen-bond donors (Lipinski definition) is 2. The molecule has 1 atom stereocenters. The first-order chi connectivity index (χ1) is 16.0. The average Bonchev–Trinajstić information content (AvgIpc) is 2.76. The standard InChI is InChI=1S/C28H29ClN2O3/c1-16-10-19-11-20(25-14-30-15-31-17(25)2)12-23(18-6-8-21(29)9-7-18)24(19)13-22(16)26(27(32)33)34-28(3,4)5/h6-13,15,26H,14H2,1-5H3,(H,30,31)(H,32,33)/t26-/m0/s1. The van der Waals surface area contributed by atoms with Gasteiger partial charge in [-0.05, 0) is 109 Å². The van der Waals surface area contributed by atoms with Gasteiger partial charge in [0.25, 0.3) is 0 Å². The Morgan fingerprint density at radius 1 is 1.09 bits per heavy atom. The first kappa shape index (κ1) is 24.0. The van der Waals surface area contributed by atoms with Crippen molar-refractivity contribution in [1.29, 1.82) is 0 Å². The van der Waals surface area contributed by atoms with E-state index < -0.39 is 17.7 Å². The zero-order valence-electron chi connectivity index (χ0n) is 20.1. The third kappa shape index (κ3) is 5.01. The fraction of sp³-hybridized carbons (Fsp3) is 0.286. The first-order valence-electron chi connectivity index (χ1n) is 11.2. The van der Waals surface area contributed by atoms with E-state index >= 15 is 0 Å². The van der Waals surface area contributed by atoms with Crippen molar-refractivity contribution in [1.82, 2.24) is 5.32 Å². The SMILES string of the molecule is CC1=C(c2cc(-c3ccc(Cl)cc3)c3cc([C@H](OC(C)(C)C)C(=O)O)c(C)cc3c2)CN=CN1. The molecule has 0 saturated heterocycles. The molecule has 6 heteroatoms. The van der Waals surface area contributed by atoms with Crippen LogP contribution in [0.2, 0.25) is 5.02 Å². The molecule has 3 aromatic rings. The van der Waals surface area contributed by atoms with E-state index in [1.54, 1.807) is 6.34 Å². The predicted octanol–water partition coefficient (Wildman–Crippen LogP) is 6.77. The van der Waals surface area contributed by atoms with Gasteiger partial charge in [0.05, 0.1) is 18.5 Å². The topological polar surface area (TPSA) is 70.9 Å². The molecule has 1 aliphatic rings. The molecule has 0 aromatic heterocycles.